The quantitative estimate of drug-likeness (QED) is 0.808. The van der Waals surface area contributed by atoms with E-state index in [4.69, 9.17) is 9.47 Å². The molecule has 0 radical (unpaired) electrons. The average Bonchev–Trinajstić information content (AvgIpc) is 3.22. The summed E-state index contributed by atoms with van der Waals surface area (Å²) in [6.45, 7) is 1.05. The van der Waals surface area contributed by atoms with Crippen molar-refractivity contribution in [3.8, 4) is 11.5 Å². The molecule has 2 aromatic rings. The molecular weight excluding hydrogens is 372 g/mol. The number of rotatable bonds is 4. The fraction of sp³-hybridized carbons (Fsp3) is 0.412. The highest BCUT2D eigenvalue weighted by molar-refractivity contribution is 7.88. The van der Waals surface area contributed by atoms with E-state index in [-0.39, 0.29) is 24.9 Å². The second kappa shape index (κ2) is 6.54. The van der Waals surface area contributed by atoms with Gasteiger partial charge in [-0.1, -0.05) is 6.07 Å². The second-order valence-corrected chi connectivity index (χ2v) is 8.60. The molecule has 0 atom stereocenters. The van der Waals surface area contributed by atoms with Gasteiger partial charge < -0.3 is 14.8 Å². The number of aryl methyl sites for hydroxylation is 1. The molecule has 27 heavy (non-hydrogen) atoms. The maximum absolute atomic E-state index is 12.7. The summed E-state index contributed by atoms with van der Waals surface area (Å²) in [5.41, 5.74) is 2.69. The van der Waals surface area contributed by atoms with Crippen LogP contribution < -0.4 is 14.8 Å². The van der Waals surface area contributed by atoms with Gasteiger partial charge in [-0.3, -0.25) is 9.48 Å². The normalized spacial score (nSPS) is 16.2. The highest BCUT2D eigenvalue weighted by atomic mass is 32.2. The van der Waals surface area contributed by atoms with Crippen LogP contribution in [-0.4, -0.2) is 48.0 Å². The van der Waals surface area contributed by atoms with Crippen LogP contribution in [0.25, 0.3) is 0 Å². The van der Waals surface area contributed by atoms with Crippen molar-refractivity contribution < 1.29 is 22.7 Å². The molecule has 0 aliphatic carbocycles. The summed E-state index contributed by atoms with van der Waals surface area (Å²) in [5, 5.41) is 7.16. The van der Waals surface area contributed by atoms with Crippen LogP contribution in [0.5, 0.6) is 11.5 Å². The maximum Gasteiger partial charge on any atom is 0.272 e. The lowest BCUT2D eigenvalue weighted by atomic mass is 10.1. The lowest BCUT2D eigenvalue weighted by molar-refractivity contribution is 0.0943. The molecule has 10 heteroatoms. The van der Waals surface area contributed by atoms with Crippen molar-refractivity contribution in [3.63, 3.8) is 0 Å². The smallest absolute Gasteiger partial charge is 0.272 e. The Balaban J connectivity index is 1.51. The Morgan fingerprint density at radius 2 is 2.07 bits per heavy atom. The molecule has 1 aromatic heterocycles. The van der Waals surface area contributed by atoms with Gasteiger partial charge in [0, 0.05) is 44.4 Å². The van der Waals surface area contributed by atoms with Crippen LogP contribution in [0.3, 0.4) is 0 Å². The fourth-order valence-electron chi connectivity index (χ4n) is 3.35. The van der Waals surface area contributed by atoms with Gasteiger partial charge in [0.25, 0.3) is 5.91 Å². The lowest BCUT2D eigenvalue weighted by Gasteiger charge is -2.25. The Hall–Kier alpha value is -2.59. The first-order chi connectivity index (χ1) is 12.8. The Bertz CT molecular complexity index is 1010. The van der Waals surface area contributed by atoms with Crippen molar-refractivity contribution in [2.75, 3.05) is 19.6 Å². The molecule has 0 saturated carbocycles. The van der Waals surface area contributed by atoms with Crippen molar-refractivity contribution in [1.29, 1.82) is 0 Å². The summed E-state index contributed by atoms with van der Waals surface area (Å²) in [7, 11) is -1.56. The van der Waals surface area contributed by atoms with E-state index < -0.39 is 10.0 Å². The number of amides is 1. The zero-order chi connectivity index (χ0) is 19.2. The standard InChI is InChI=1S/C17H20N4O5S/c1-20-13-5-6-21(27(2,23)24)9-12(13)16(19-20)17(22)18-8-11-3-4-14-15(7-11)26-10-25-14/h3-4,7H,5-6,8-10H2,1-2H3,(H,18,22). The predicted molar refractivity (Wildman–Crippen MR) is 95.9 cm³/mol. The zero-order valence-corrected chi connectivity index (χ0v) is 15.9. The van der Waals surface area contributed by atoms with Gasteiger partial charge in [0.15, 0.2) is 17.2 Å². The Kier molecular flexibility index (Phi) is 4.31. The van der Waals surface area contributed by atoms with E-state index in [9.17, 15) is 13.2 Å². The molecule has 1 N–H and O–H groups in total. The summed E-state index contributed by atoms with van der Waals surface area (Å²) in [5.74, 6) is 1.00. The number of ether oxygens (including phenoxy) is 2. The van der Waals surface area contributed by atoms with Crippen LogP contribution in [0.1, 0.15) is 27.3 Å². The highest BCUT2D eigenvalue weighted by Gasteiger charge is 2.30. The summed E-state index contributed by atoms with van der Waals surface area (Å²) in [4.78, 5) is 12.7. The Morgan fingerprint density at radius 3 is 2.85 bits per heavy atom. The highest BCUT2D eigenvalue weighted by Crippen LogP contribution is 2.32. The molecule has 0 unspecified atom stereocenters. The third-order valence-electron chi connectivity index (χ3n) is 4.78. The minimum atomic E-state index is -3.32. The number of nitrogens with one attached hydrogen (secondary N) is 1. The number of nitrogens with zero attached hydrogens (tertiary/aromatic N) is 3. The van der Waals surface area contributed by atoms with Crippen LogP contribution in [-0.2, 0) is 36.6 Å². The van der Waals surface area contributed by atoms with Crippen LogP contribution in [0.15, 0.2) is 18.2 Å². The molecule has 0 spiro atoms. The van der Waals surface area contributed by atoms with Gasteiger partial charge in [0.1, 0.15) is 0 Å². The first kappa shape index (κ1) is 17.8. The number of hydrogen-bond donors (Lipinski definition) is 1. The molecular formula is C17H20N4O5S. The topological polar surface area (TPSA) is 103 Å². The van der Waals surface area contributed by atoms with E-state index in [0.717, 1.165) is 11.3 Å². The van der Waals surface area contributed by atoms with Gasteiger partial charge in [0.05, 0.1) is 6.26 Å². The predicted octanol–water partition coefficient (Wildman–Crippen LogP) is 0.397. The van der Waals surface area contributed by atoms with Crippen molar-refractivity contribution in [3.05, 3.63) is 40.7 Å². The average molecular weight is 392 g/mol. The fourth-order valence-corrected chi connectivity index (χ4v) is 4.14. The van der Waals surface area contributed by atoms with Gasteiger partial charge in [-0.15, -0.1) is 0 Å². The molecule has 1 aromatic carbocycles. The van der Waals surface area contributed by atoms with Crippen molar-refractivity contribution in [1.82, 2.24) is 19.4 Å². The summed E-state index contributed by atoms with van der Waals surface area (Å²) in [6.07, 6.45) is 1.70. The molecule has 0 bridgehead atoms. The molecule has 0 saturated heterocycles. The van der Waals surface area contributed by atoms with Crippen molar-refractivity contribution in [2.45, 2.75) is 19.5 Å². The minimum absolute atomic E-state index is 0.161. The van der Waals surface area contributed by atoms with Gasteiger partial charge >= 0.3 is 0 Å². The van der Waals surface area contributed by atoms with Gasteiger partial charge in [-0.25, -0.2) is 8.42 Å². The third-order valence-corrected chi connectivity index (χ3v) is 6.03. The van der Waals surface area contributed by atoms with Crippen LogP contribution in [0.2, 0.25) is 0 Å². The van der Waals surface area contributed by atoms with Crippen LogP contribution in [0, 0.1) is 0 Å². The third kappa shape index (κ3) is 3.37. The number of sulfonamides is 1. The zero-order valence-electron chi connectivity index (χ0n) is 15.1. The molecule has 2 aliphatic heterocycles. The SMILES string of the molecule is Cn1nc(C(=O)NCc2ccc3c(c2)OCO3)c2c1CCN(S(C)(=O)=O)C2. The number of carbonyl (C=O) groups is 1. The minimum Gasteiger partial charge on any atom is -0.454 e. The van der Waals surface area contributed by atoms with E-state index >= 15 is 0 Å². The molecule has 9 nitrogen and oxygen atoms in total. The molecule has 1 amide bonds. The molecule has 3 heterocycles. The van der Waals surface area contributed by atoms with Crippen LogP contribution in [0.4, 0.5) is 0 Å². The van der Waals surface area contributed by atoms with E-state index in [1.54, 1.807) is 17.8 Å². The van der Waals surface area contributed by atoms with Gasteiger partial charge in [-0.05, 0) is 17.7 Å². The van der Waals surface area contributed by atoms with Crippen molar-refractivity contribution >= 4 is 15.9 Å². The number of hydrogen-bond acceptors (Lipinski definition) is 6. The maximum atomic E-state index is 12.7. The molecule has 144 valence electrons. The largest absolute Gasteiger partial charge is 0.454 e. The van der Waals surface area contributed by atoms with Gasteiger partial charge in [-0.2, -0.15) is 9.40 Å². The molecule has 4 rings (SSSR count). The number of carbonyl (C=O) groups excluding carboxylic acids is 1. The Morgan fingerprint density at radius 1 is 1.30 bits per heavy atom. The Labute approximate surface area is 156 Å². The number of aromatic nitrogens is 2. The number of benzene rings is 1. The van der Waals surface area contributed by atoms with E-state index in [1.165, 1.54) is 10.6 Å². The lowest BCUT2D eigenvalue weighted by Crippen LogP contribution is -2.36. The van der Waals surface area contributed by atoms with Crippen LogP contribution >= 0.6 is 0 Å². The summed E-state index contributed by atoms with van der Waals surface area (Å²) >= 11 is 0. The first-order valence-corrected chi connectivity index (χ1v) is 10.3. The summed E-state index contributed by atoms with van der Waals surface area (Å²) in [6, 6.07) is 5.48. The van der Waals surface area contributed by atoms with E-state index in [2.05, 4.69) is 10.4 Å². The van der Waals surface area contributed by atoms with Crippen molar-refractivity contribution in [2.24, 2.45) is 7.05 Å². The molecule has 0 fully saturated rings. The first-order valence-electron chi connectivity index (χ1n) is 8.49. The van der Waals surface area contributed by atoms with E-state index in [1.807, 2.05) is 12.1 Å². The van der Waals surface area contributed by atoms with E-state index in [0.29, 0.717) is 36.6 Å². The number of fused-ring (bicyclic) bond motifs is 2. The second-order valence-electron chi connectivity index (χ2n) is 6.61. The van der Waals surface area contributed by atoms with Gasteiger partial charge in [0.2, 0.25) is 16.8 Å². The monoisotopic (exact) mass is 392 g/mol. The summed E-state index contributed by atoms with van der Waals surface area (Å²) < 4.78 is 37.4. The molecule has 2 aliphatic rings.